The number of unbranched alkanes of at least 4 members (excludes halogenated alkanes) is 1. The van der Waals surface area contributed by atoms with Crippen LogP contribution in [0, 0.1) is 0 Å². The van der Waals surface area contributed by atoms with Crippen LogP contribution < -0.4 is 14.8 Å². The van der Waals surface area contributed by atoms with Crippen LogP contribution >= 0.6 is 0 Å². The fourth-order valence-corrected chi connectivity index (χ4v) is 4.10. The number of benzene rings is 3. The molecule has 0 heterocycles. The van der Waals surface area contributed by atoms with Crippen LogP contribution in [0.2, 0.25) is 0 Å². The van der Waals surface area contributed by atoms with E-state index < -0.39 is 6.04 Å². The highest BCUT2D eigenvalue weighted by molar-refractivity contribution is 5.88. The first-order chi connectivity index (χ1) is 18.1. The smallest absolute Gasteiger partial charge is 0.243 e. The molecule has 0 saturated carbocycles. The van der Waals surface area contributed by atoms with Gasteiger partial charge in [-0.15, -0.1) is 0 Å². The Morgan fingerprint density at radius 3 is 2.24 bits per heavy atom. The van der Waals surface area contributed by atoms with Crippen LogP contribution in [-0.4, -0.2) is 43.0 Å². The SMILES string of the molecule is CCCCNC(=O)C(Cc1ccccc1)N(Cc1cccc(OC)c1)C(=O)CCCOc1ccccc1. The van der Waals surface area contributed by atoms with Gasteiger partial charge in [-0.25, -0.2) is 0 Å². The molecule has 0 saturated heterocycles. The van der Waals surface area contributed by atoms with Crippen molar-refractivity contribution in [2.24, 2.45) is 0 Å². The van der Waals surface area contributed by atoms with Crippen LogP contribution in [0.5, 0.6) is 11.5 Å². The van der Waals surface area contributed by atoms with E-state index in [9.17, 15) is 9.59 Å². The van der Waals surface area contributed by atoms with E-state index in [1.165, 1.54) is 0 Å². The molecule has 1 unspecified atom stereocenters. The number of hydrogen-bond donors (Lipinski definition) is 1. The number of carbonyl (C=O) groups is 2. The molecule has 0 aliphatic heterocycles. The minimum atomic E-state index is -0.631. The van der Waals surface area contributed by atoms with Gasteiger partial charge in [0.05, 0.1) is 13.7 Å². The highest BCUT2D eigenvalue weighted by Gasteiger charge is 2.30. The number of nitrogens with zero attached hydrogens (tertiary/aromatic N) is 1. The minimum absolute atomic E-state index is 0.0777. The van der Waals surface area contributed by atoms with Crippen molar-refractivity contribution < 1.29 is 19.1 Å². The van der Waals surface area contributed by atoms with Crippen molar-refractivity contribution in [3.8, 4) is 11.5 Å². The van der Waals surface area contributed by atoms with Gasteiger partial charge in [0.25, 0.3) is 0 Å². The van der Waals surface area contributed by atoms with Crippen molar-refractivity contribution in [3.05, 3.63) is 96.1 Å². The fraction of sp³-hybridized carbons (Fsp3) is 0.355. The molecular formula is C31H38N2O4. The van der Waals surface area contributed by atoms with Crippen LogP contribution in [0.25, 0.3) is 0 Å². The average molecular weight is 503 g/mol. The van der Waals surface area contributed by atoms with Gasteiger partial charge in [-0.05, 0) is 48.2 Å². The van der Waals surface area contributed by atoms with Gasteiger partial charge in [0, 0.05) is 25.9 Å². The van der Waals surface area contributed by atoms with Gasteiger partial charge >= 0.3 is 0 Å². The van der Waals surface area contributed by atoms with Gasteiger partial charge in [0.1, 0.15) is 17.5 Å². The second-order valence-electron chi connectivity index (χ2n) is 8.99. The Hall–Kier alpha value is -3.80. The van der Waals surface area contributed by atoms with E-state index in [1.807, 2.05) is 84.9 Å². The Balaban J connectivity index is 1.80. The maximum absolute atomic E-state index is 13.6. The molecule has 196 valence electrons. The summed E-state index contributed by atoms with van der Waals surface area (Å²) >= 11 is 0. The van der Waals surface area contributed by atoms with Crippen LogP contribution in [0.4, 0.5) is 0 Å². The third-order valence-electron chi connectivity index (χ3n) is 6.13. The molecule has 0 bridgehead atoms. The number of carbonyl (C=O) groups excluding carboxylic acids is 2. The summed E-state index contributed by atoms with van der Waals surface area (Å²) < 4.78 is 11.2. The first kappa shape index (κ1) is 27.8. The molecule has 0 radical (unpaired) electrons. The molecule has 3 aromatic carbocycles. The molecule has 37 heavy (non-hydrogen) atoms. The normalized spacial score (nSPS) is 11.4. The quantitative estimate of drug-likeness (QED) is 0.282. The maximum Gasteiger partial charge on any atom is 0.243 e. The molecule has 6 heteroatoms. The highest BCUT2D eigenvalue weighted by atomic mass is 16.5. The maximum atomic E-state index is 13.6. The van der Waals surface area contributed by atoms with Crippen LogP contribution in [0.1, 0.15) is 43.7 Å². The lowest BCUT2D eigenvalue weighted by molar-refractivity contribution is -0.141. The Bertz CT molecular complexity index is 1090. The number of nitrogens with one attached hydrogen (secondary N) is 1. The first-order valence-corrected chi connectivity index (χ1v) is 13.0. The molecule has 2 amide bonds. The van der Waals surface area contributed by atoms with Crippen molar-refractivity contribution in [1.82, 2.24) is 10.2 Å². The summed E-state index contributed by atoms with van der Waals surface area (Å²) in [4.78, 5) is 28.8. The van der Waals surface area contributed by atoms with Crippen molar-refractivity contribution in [2.75, 3.05) is 20.3 Å². The minimum Gasteiger partial charge on any atom is -0.497 e. The summed E-state index contributed by atoms with van der Waals surface area (Å²) in [6.45, 7) is 3.42. The summed E-state index contributed by atoms with van der Waals surface area (Å²) in [7, 11) is 1.62. The van der Waals surface area contributed by atoms with E-state index in [-0.39, 0.29) is 18.2 Å². The van der Waals surface area contributed by atoms with Crippen molar-refractivity contribution in [1.29, 1.82) is 0 Å². The molecule has 0 aliphatic carbocycles. The highest BCUT2D eigenvalue weighted by Crippen LogP contribution is 2.19. The monoisotopic (exact) mass is 502 g/mol. The summed E-state index contributed by atoms with van der Waals surface area (Å²) in [5, 5.41) is 3.05. The molecular weight excluding hydrogens is 464 g/mol. The first-order valence-electron chi connectivity index (χ1n) is 13.0. The summed E-state index contributed by atoms with van der Waals surface area (Å²) in [6, 6.07) is 26.4. The lowest BCUT2D eigenvalue weighted by atomic mass is 10.0. The van der Waals surface area contributed by atoms with E-state index in [2.05, 4.69) is 12.2 Å². The second-order valence-corrected chi connectivity index (χ2v) is 8.99. The Kier molecular flexibility index (Phi) is 11.5. The fourth-order valence-electron chi connectivity index (χ4n) is 4.10. The van der Waals surface area contributed by atoms with E-state index in [4.69, 9.17) is 9.47 Å². The topological polar surface area (TPSA) is 67.9 Å². The van der Waals surface area contributed by atoms with E-state index in [0.717, 1.165) is 29.7 Å². The number of rotatable bonds is 15. The molecule has 3 aromatic rings. The van der Waals surface area contributed by atoms with Gasteiger partial charge in [-0.1, -0.05) is 74.0 Å². The largest absolute Gasteiger partial charge is 0.497 e. The lowest BCUT2D eigenvalue weighted by Gasteiger charge is -2.32. The lowest BCUT2D eigenvalue weighted by Crippen LogP contribution is -2.50. The van der Waals surface area contributed by atoms with Crippen molar-refractivity contribution >= 4 is 11.8 Å². The number of hydrogen-bond acceptors (Lipinski definition) is 4. The predicted molar refractivity (Wildman–Crippen MR) is 147 cm³/mol. The molecule has 0 aromatic heterocycles. The molecule has 0 spiro atoms. The summed E-state index contributed by atoms with van der Waals surface area (Å²) in [5.41, 5.74) is 1.92. The molecule has 0 fully saturated rings. The standard InChI is InChI=1S/C31H38N2O4/c1-3-4-20-32-31(35)29(23-25-13-7-5-8-14-25)33(24-26-15-11-18-28(22-26)36-2)30(34)19-12-21-37-27-16-9-6-10-17-27/h5-11,13-18,22,29H,3-4,12,19-21,23-24H2,1-2H3,(H,32,35). The Morgan fingerprint density at radius 2 is 1.54 bits per heavy atom. The Labute approximate surface area is 220 Å². The second kappa shape index (κ2) is 15.3. The van der Waals surface area contributed by atoms with Gasteiger partial charge < -0.3 is 19.7 Å². The van der Waals surface area contributed by atoms with Crippen LogP contribution in [-0.2, 0) is 22.6 Å². The zero-order valence-electron chi connectivity index (χ0n) is 21.9. The van der Waals surface area contributed by atoms with E-state index >= 15 is 0 Å². The number of para-hydroxylation sites is 1. The number of methoxy groups -OCH3 is 1. The predicted octanol–water partition coefficient (Wildman–Crippen LogP) is 5.41. The third-order valence-corrected chi connectivity index (χ3v) is 6.13. The summed E-state index contributed by atoms with van der Waals surface area (Å²) in [6.07, 6.45) is 3.15. The van der Waals surface area contributed by atoms with Crippen LogP contribution in [0.3, 0.4) is 0 Å². The van der Waals surface area contributed by atoms with E-state index in [0.29, 0.717) is 38.3 Å². The Morgan fingerprint density at radius 1 is 0.865 bits per heavy atom. The molecule has 1 atom stereocenters. The average Bonchev–Trinajstić information content (AvgIpc) is 2.94. The van der Waals surface area contributed by atoms with Crippen molar-refractivity contribution in [2.45, 2.75) is 51.6 Å². The van der Waals surface area contributed by atoms with E-state index in [1.54, 1.807) is 12.0 Å². The zero-order valence-corrected chi connectivity index (χ0v) is 21.9. The van der Waals surface area contributed by atoms with Gasteiger partial charge in [-0.2, -0.15) is 0 Å². The zero-order chi connectivity index (χ0) is 26.3. The number of ether oxygens (including phenoxy) is 2. The van der Waals surface area contributed by atoms with Crippen molar-refractivity contribution in [3.63, 3.8) is 0 Å². The van der Waals surface area contributed by atoms with Gasteiger partial charge in [-0.3, -0.25) is 9.59 Å². The summed E-state index contributed by atoms with van der Waals surface area (Å²) in [5.74, 6) is 1.29. The molecule has 3 rings (SSSR count). The number of amides is 2. The molecule has 1 N–H and O–H groups in total. The third kappa shape index (κ3) is 9.30. The van der Waals surface area contributed by atoms with Gasteiger partial charge in [0.15, 0.2) is 0 Å². The molecule has 6 nitrogen and oxygen atoms in total. The van der Waals surface area contributed by atoms with Crippen LogP contribution in [0.15, 0.2) is 84.9 Å². The van der Waals surface area contributed by atoms with Gasteiger partial charge in [0.2, 0.25) is 11.8 Å². The molecule has 0 aliphatic rings.